The SMILES string of the molecule is CCCCCCCCOc1ccc(C2(O)c3cc(Br)ccc3-c3ccc(Br)cc32)cc1. The summed E-state index contributed by atoms with van der Waals surface area (Å²) in [7, 11) is 0. The zero-order valence-corrected chi connectivity index (χ0v) is 21.0. The van der Waals surface area contributed by atoms with Crippen molar-refractivity contribution in [3.8, 4) is 16.9 Å². The minimum absolute atomic E-state index is 0.737. The molecule has 0 spiro atoms. The molecule has 162 valence electrons. The van der Waals surface area contributed by atoms with Gasteiger partial charge in [0, 0.05) is 20.1 Å². The Hall–Kier alpha value is -1.62. The summed E-state index contributed by atoms with van der Waals surface area (Å²) in [5.41, 5.74) is 3.58. The number of aliphatic hydroxyl groups is 1. The molecule has 4 heteroatoms. The first-order chi connectivity index (χ1) is 15.0. The van der Waals surface area contributed by atoms with Crippen LogP contribution in [0.4, 0.5) is 0 Å². The van der Waals surface area contributed by atoms with E-state index in [0.717, 1.165) is 55.5 Å². The molecule has 3 aromatic carbocycles. The topological polar surface area (TPSA) is 29.5 Å². The smallest absolute Gasteiger partial charge is 0.141 e. The van der Waals surface area contributed by atoms with Gasteiger partial charge >= 0.3 is 0 Å². The zero-order chi connectivity index (χ0) is 21.8. The van der Waals surface area contributed by atoms with Crippen LogP contribution in [0.2, 0.25) is 0 Å². The number of ether oxygens (including phenoxy) is 1. The summed E-state index contributed by atoms with van der Waals surface area (Å²) in [6, 6.07) is 20.1. The normalized spacial score (nSPS) is 13.7. The van der Waals surface area contributed by atoms with Crippen LogP contribution in [0.1, 0.15) is 62.1 Å². The molecule has 0 heterocycles. The van der Waals surface area contributed by atoms with Crippen molar-refractivity contribution >= 4 is 31.9 Å². The molecule has 31 heavy (non-hydrogen) atoms. The standard InChI is InChI=1S/C27H28Br2O2/c1-2-3-4-5-6-7-16-31-22-12-8-19(9-13-22)27(30)25-17-20(28)10-14-23(25)24-15-11-21(29)18-26(24)27/h8-15,17-18,30H,2-7,16H2,1H3. The van der Waals surface area contributed by atoms with E-state index in [1.165, 1.54) is 32.1 Å². The molecule has 0 radical (unpaired) electrons. The van der Waals surface area contributed by atoms with Crippen LogP contribution in [0.15, 0.2) is 69.6 Å². The molecule has 1 aliphatic rings. The number of benzene rings is 3. The monoisotopic (exact) mass is 542 g/mol. The highest BCUT2D eigenvalue weighted by atomic mass is 79.9. The van der Waals surface area contributed by atoms with Crippen molar-refractivity contribution in [2.45, 2.75) is 51.0 Å². The molecule has 0 fully saturated rings. The lowest BCUT2D eigenvalue weighted by Gasteiger charge is -2.27. The minimum atomic E-state index is -1.20. The second kappa shape index (κ2) is 9.89. The first kappa shape index (κ1) is 22.6. The molecule has 0 saturated carbocycles. The zero-order valence-electron chi connectivity index (χ0n) is 17.8. The number of hydrogen-bond acceptors (Lipinski definition) is 2. The van der Waals surface area contributed by atoms with Crippen LogP contribution in [-0.4, -0.2) is 11.7 Å². The van der Waals surface area contributed by atoms with E-state index >= 15 is 0 Å². The van der Waals surface area contributed by atoms with E-state index in [-0.39, 0.29) is 0 Å². The predicted octanol–water partition coefficient (Wildman–Crippen LogP) is 8.22. The van der Waals surface area contributed by atoms with Crippen molar-refractivity contribution in [1.82, 2.24) is 0 Å². The summed E-state index contributed by atoms with van der Waals surface area (Å²) in [5, 5.41) is 12.0. The molecule has 0 aliphatic heterocycles. The third-order valence-corrected chi connectivity index (χ3v) is 7.06. The van der Waals surface area contributed by atoms with Crippen molar-refractivity contribution in [3.05, 3.63) is 86.3 Å². The Bertz CT molecular complexity index is 992. The van der Waals surface area contributed by atoms with Gasteiger partial charge in [-0.3, -0.25) is 0 Å². The van der Waals surface area contributed by atoms with E-state index < -0.39 is 5.60 Å². The molecule has 0 aromatic heterocycles. The van der Waals surface area contributed by atoms with E-state index in [0.29, 0.717) is 0 Å². The summed E-state index contributed by atoms with van der Waals surface area (Å²) in [6.07, 6.45) is 7.50. The maximum Gasteiger partial charge on any atom is 0.141 e. The van der Waals surface area contributed by atoms with Crippen LogP contribution < -0.4 is 4.74 Å². The van der Waals surface area contributed by atoms with Gasteiger partial charge in [0.1, 0.15) is 11.4 Å². The van der Waals surface area contributed by atoms with Crippen molar-refractivity contribution in [2.24, 2.45) is 0 Å². The molecule has 4 rings (SSSR count). The lowest BCUT2D eigenvalue weighted by Crippen LogP contribution is -2.26. The van der Waals surface area contributed by atoms with Crippen LogP contribution >= 0.6 is 31.9 Å². The fourth-order valence-electron chi connectivity index (χ4n) is 4.42. The van der Waals surface area contributed by atoms with Gasteiger partial charge < -0.3 is 9.84 Å². The van der Waals surface area contributed by atoms with E-state index in [4.69, 9.17) is 4.74 Å². The maximum atomic E-state index is 12.0. The molecule has 0 saturated heterocycles. The lowest BCUT2D eigenvalue weighted by molar-refractivity contribution is 0.130. The van der Waals surface area contributed by atoms with Gasteiger partial charge in [0.2, 0.25) is 0 Å². The van der Waals surface area contributed by atoms with Crippen molar-refractivity contribution in [3.63, 3.8) is 0 Å². The molecule has 0 amide bonds. The average molecular weight is 544 g/mol. The highest BCUT2D eigenvalue weighted by Gasteiger charge is 2.43. The first-order valence-electron chi connectivity index (χ1n) is 11.1. The fourth-order valence-corrected chi connectivity index (χ4v) is 5.14. The highest BCUT2D eigenvalue weighted by Crippen LogP contribution is 2.52. The van der Waals surface area contributed by atoms with Gasteiger partial charge in [0.25, 0.3) is 0 Å². The molecular weight excluding hydrogens is 516 g/mol. The summed E-state index contributed by atoms with van der Waals surface area (Å²) in [5.74, 6) is 0.850. The minimum Gasteiger partial charge on any atom is -0.494 e. The van der Waals surface area contributed by atoms with E-state index in [1.807, 2.05) is 48.5 Å². The van der Waals surface area contributed by atoms with Crippen molar-refractivity contribution in [2.75, 3.05) is 6.61 Å². The van der Waals surface area contributed by atoms with Gasteiger partial charge in [-0.1, -0.05) is 95.2 Å². The van der Waals surface area contributed by atoms with E-state index in [9.17, 15) is 5.11 Å². The second-order valence-corrected chi connectivity index (χ2v) is 10.1. The molecule has 3 aromatic rings. The van der Waals surface area contributed by atoms with Crippen LogP contribution in [0.3, 0.4) is 0 Å². The molecule has 2 nitrogen and oxygen atoms in total. The fraction of sp³-hybridized carbons (Fsp3) is 0.333. The van der Waals surface area contributed by atoms with Crippen LogP contribution in [0.5, 0.6) is 5.75 Å². The maximum absolute atomic E-state index is 12.0. The number of halogens is 2. The Morgan fingerprint density at radius 3 is 1.87 bits per heavy atom. The lowest BCUT2D eigenvalue weighted by atomic mass is 9.84. The second-order valence-electron chi connectivity index (χ2n) is 8.23. The Balaban J connectivity index is 1.54. The summed E-state index contributed by atoms with van der Waals surface area (Å²) < 4.78 is 7.85. The summed E-state index contributed by atoms with van der Waals surface area (Å²) in [6.45, 7) is 2.98. The molecule has 0 atom stereocenters. The largest absolute Gasteiger partial charge is 0.494 e. The molecule has 1 aliphatic carbocycles. The Morgan fingerprint density at radius 1 is 0.742 bits per heavy atom. The van der Waals surface area contributed by atoms with Gasteiger partial charge in [-0.05, 0) is 59.5 Å². The summed E-state index contributed by atoms with van der Waals surface area (Å²) in [4.78, 5) is 0. The summed E-state index contributed by atoms with van der Waals surface area (Å²) >= 11 is 7.15. The molecule has 0 unspecified atom stereocenters. The van der Waals surface area contributed by atoms with Gasteiger partial charge in [0.15, 0.2) is 0 Å². The number of fused-ring (bicyclic) bond motifs is 3. The van der Waals surface area contributed by atoms with Crippen LogP contribution in [0.25, 0.3) is 11.1 Å². The first-order valence-corrected chi connectivity index (χ1v) is 12.7. The highest BCUT2D eigenvalue weighted by molar-refractivity contribution is 9.10. The van der Waals surface area contributed by atoms with Crippen LogP contribution in [0, 0.1) is 0 Å². The predicted molar refractivity (Wildman–Crippen MR) is 135 cm³/mol. The molecule has 1 N–H and O–H groups in total. The number of unbranched alkanes of at least 4 members (excludes halogenated alkanes) is 5. The van der Waals surface area contributed by atoms with Crippen LogP contribution in [-0.2, 0) is 5.60 Å². The average Bonchev–Trinajstić information content (AvgIpc) is 3.02. The molecular formula is C27H28Br2O2. The number of rotatable bonds is 9. The van der Waals surface area contributed by atoms with Crippen molar-refractivity contribution < 1.29 is 9.84 Å². The van der Waals surface area contributed by atoms with Gasteiger partial charge in [-0.25, -0.2) is 0 Å². The Kier molecular flexibility index (Phi) is 7.20. The quantitative estimate of drug-likeness (QED) is 0.275. The van der Waals surface area contributed by atoms with Gasteiger partial charge in [-0.2, -0.15) is 0 Å². The Labute approximate surface area is 201 Å². The third-order valence-electron chi connectivity index (χ3n) is 6.07. The Morgan fingerprint density at radius 2 is 1.29 bits per heavy atom. The third kappa shape index (κ3) is 4.62. The van der Waals surface area contributed by atoms with E-state index in [2.05, 4.69) is 50.9 Å². The number of hydrogen-bond donors (Lipinski definition) is 1. The molecule has 0 bridgehead atoms. The van der Waals surface area contributed by atoms with Gasteiger partial charge in [-0.15, -0.1) is 0 Å². The van der Waals surface area contributed by atoms with E-state index in [1.54, 1.807) is 0 Å². The van der Waals surface area contributed by atoms with Crippen molar-refractivity contribution in [1.29, 1.82) is 0 Å². The van der Waals surface area contributed by atoms with Gasteiger partial charge in [0.05, 0.1) is 6.61 Å².